The van der Waals surface area contributed by atoms with Crippen molar-refractivity contribution >= 4 is 27.8 Å². The monoisotopic (exact) mass is 389 g/mol. The molecule has 0 spiro atoms. The first-order valence-electron chi connectivity index (χ1n) is 9.83. The van der Waals surface area contributed by atoms with Crippen LogP contribution >= 0.6 is 0 Å². The lowest BCUT2D eigenvalue weighted by molar-refractivity contribution is -0.143. The Kier molecular flexibility index (Phi) is 5.47. The number of fused-ring (bicyclic) bond motifs is 2. The molecule has 3 aromatic carbocycles. The van der Waals surface area contributed by atoms with Gasteiger partial charge in [0, 0.05) is 6.42 Å². The number of carbonyl (C=O) groups is 1. The molecule has 0 radical (unpaired) electrons. The van der Waals surface area contributed by atoms with Crippen molar-refractivity contribution in [3.05, 3.63) is 60.2 Å². The summed E-state index contributed by atoms with van der Waals surface area (Å²) in [6.45, 7) is 4.63. The zero-order valence-corrected chi connectivity index (χ0v) is 16.6. The van der Waals surface area contributed by atoms with Crippen LogP contribution in [0.2, 0.25) is 0 Å². The second kappa shape index (κ2) is 8.35. The average molecular weight is 389 g/mol. The number of rotatable bonds is 7. The summed E-state index contributed by atoms with van der Waals surface area (Å²) >= 11 is 0. The van der Waals surface area contributed by atoms with E-state index in [-0.39, 0.29) is 5.97 Å². The Hall–Kier alpha value is -3.34. The molecule has 0 aliphatic carbocycles. The molecule has 0 N–H and O–H groups in total. The van der Waals surface area contributed by atoms with Gasteiger partial charge in [0.05, 0.1) is 18.8 Å². The molecule has 5 nitrogen and oxygen atoms in total. The molecular weight excluding hydrogens is 366 g/mol. The van der Waals surface area contributed by atoms with Crippen LogP contribution in [-0.2, 0) is 9.53 Å². The van der Waals surface area contributed by atoms with Gasteiger partial charge < -0.3 is 13.9 Å². The zero-order valence-electron chi connectivity index (χ0n) is 16.6. The standard InChI is InChI=1S/C24H23NO4/c1-3-27-23(26)9-6-12-28-21-15-18-8-5-4-7-17(18)14-19(21)24-25-20-11-10-16(2)13-22(20)29-24/h4-5,7-8,10-11,13-15H,3,6,9,12H2,1-2H3. The summed E-state index contributed by atoms with van der Waals surface area (Å²) in [5, 5.41) is 2.16. The molecule has 1 heterocycles. The third-order valence-electron chi connectivity index (χ3n) is 4.71. The van der Waals surface area contributed by atoms with Crippen LogP contribution in [-0.4, -0.2) is 24.2 Å². The predicted molar refractivity (Wildman–Crippen MR) is 113 cm³/mol. The maximum atomic E-state index is 11.5. The first-order chi connectivity index (χ1) is 14.1. The third-order valence-corrected chi connectivity index (χ3v) is 4.71. The predicted octanol–water partition coefficient (Wildman–Crippen LogP) is 5.68. The van der Waals surface area contributed by atoms with Gasteiger partial charge in [-0.05, 0) is 60.9 Å². The number of hydrogen-bond acceptors (Lipinski definition) is 5. The topological polar surface area (TPSA) is 61.6 Å². The van der Waals surface area contributed by atoms with Gasteiger partial charge in [0.1, 0.15) is 11.3 Å². The fraction of sp³-hybridized carbons (Fsp3) is 0.250. The van der Waals surface area contributed by atoms with Crippen LogP contribution in [0, 0.1) is 6.92 Å². The Morgan fingerprint density at radius 1 is 1.07 bits per heavy atom. The minimum absolute atomic E-state index is 0.204. The minimum Gasteiger partial charge on any atom is -0.493 e. The van der Waals surface area contributed by atoms with E-state index in [1.165, 1.54) is 0 Å². The lowest BCUT2D eigenvalue weighted by Gasteiger charge is -2.11. The molecule has 0 saturated carbocycles. The van der Waals surface area contributed by atoms with Crippen molar-refractivity contribution in [1.82, 2.24) is 4.98 Å². The van der Waals surface area contributed by atoms with E-state index in [1.807, 2.05) is 55.5 Å². The SMILES string of the molecule is CCOC(=O)CCCOc1cc2ccccc2cc1-c1nc2ccc(C)cc2o1. The Bertz CT molecular complexity index is 1160. The largest absolute Gasteiger partial charge is 0.493 e. The number of aryl methyl sites for hydroxylation is 1. The molecule has 0 amide bonds. The molecule has 5 heteroatoms. The number of ether oxygens (including phenoxy) is 2. The minimum atomic E-state index is -0.204. The van der Waals surface area contributed by atoms with E-state index in [4.69, 9.17) is 13.9 Å². The number of nitrogens with zero attached hydrogens (tertiary/aromatic N) is 1. The molecule has 0 unspecified atom stereocenters. The van der Waals surface area contributed by atoms with Crippen molar-refractivity contribution in [2.75, 3.05) is 13.2 Å². The molecule has 148 valence electrons. The van der Waals surface area contributed by atoms with E-state index in [9.17, 15) is 4.79 Å². The van der Waals surface area contributed by atoms with Gasteiger partial charge in [0.15, 0.2) is 5.58 Å². The smallest absolute Gasteiger partial charge is 0.305 e. The highest BCUT2D eigenvalue weighted by Gasteiger charge is 2.15. The number of aromatic nitrogens is 1. The quantitative estimate of drug-likeness (QED) is 0.301. The zero-order chi connectivity index (χ0) is 20.2. The molecule has 0 saturated heterocycles. The van der Waals surface area contributed by atoms with Crippen molar-refractivity contribution in [2.24, 2.45) is 0 Å². The lowest BCUT2D eigenvalue weighted by atomic mass is 10.1. The maximum absolute atomic E-state index is 11.5. The van der Waals surface area contributed by atoms with E-state index in [0.717, 1.165) is 33.0 Å². The second-order valence-electron chi connectivity index (χ2n) is 6.94. The van der Waals surface area contributed by atoms with Gasteiger partial charge in [-0.15, -0.1) is 0 Å². The maximum Gasteiger partial charge on any atom is 0.305 e. The van der Waals surface area contributed by atoms with E-state index < -0.39 is 0 Å². The Balaban J connectivity index is 1.65. The Labute approximate surface area is 169 Å². The number of oxazole rings is 1. The Morgan fingerprint density at radius 3 is 2.66 bits per heavy atom. The highest BCUT2D eigenvalue weighted by Crippen LogP contribution is 2.35. The van der Waals surface area contributed by atoms with Gasteiger partial charge in [-0.1, -0.05) is 30.3 Å². The normalized spacial score (nSPS) is 11.1. The molecule has 0 fully saturated rings. The molecule has 0 aliphatic rings. The van der Waals surface area contributed by atoms with Gasteiger partial charge in [0.2, 0.25) is 5.89 Å². The number of carbonyl (C=O) groups excluding carboxylic acids is 1. The first-order valence-corrected chi connectivity index (χ1v) is 9.83. The van der Waals surface area contributed by atoms with Gasteiger partial charge in [-0.2, -0.15) is 0 Å². The number of benzene rings is 3. The fourth-order valence-electron chi connectivity index (χ4n) is 3.28. The summed E-state index contributed by atoms with van der Waals surface area (Å²) in [4.78, 5) is 16.2. The highest BCUT2D eigenvalue weighted by molar-refractivity contribution is 5.90. The second-order valence-corrected chi connectivity index (χ2v) is 6.94. The summed E-state index contributed by atoms with van der Waals surface area (Å²) in [6.07, 6.45) is 0.913. The van der Waals surface area contributed by atoms with Gasteiger partial charge in [-0.25, -0.2) is 4.98 Å². The van der Waals surface area contributed by atoms with Gasteiger partial charge in [-0.3, -0.25) is 4.79 Å². The molecule has 0 atom stereocenters. The van der Waals surface area contributed by atoms with E-state index >= 15 is 0 Å². The van der Waals surface area contributed by atoms with Crippen LogP contribution in [0.1, 0.15) is 25.3 Å². The molecule has 1 aromatic heterocycles. The van der Waals surface area contributed by atoms with Crippen LogP contribution in [0.25, 0.3) is 33.3 Å². The molecule has 4 aromatic rings. The molecule has 29 heavy (non-hydrogen) atoms. The van der Waals surface area contributed by atoms with Crippen molar-refractivity contribution < 1.29 is 18.7 Å². The van der Waals surface area contributed by atoms with Gasteiger partial charge in [0.25, 0.3) is 0 Å². The average Bonchev–Trinajstić information content (AvgIpc) is 3.13. The summed E-state index contributed by atoms with van der Waals surface area (Å²) in [5.41, 5.74) is 3.48. The van der Waals surface area contributed by atoms with Crippen LogP contribution < -0.4 is 4.74 Å². The fourth-order valence-corrected chi connectivity index (χ4v) is 3.28. The van der Waals surface area contributed by atoms with Crippen LogP contribution in [0.4, 0.5) is 0 Å². The molecule has 4 rings (SSSR count). The van der Waals surface area contributed by atoms with Crippen LogP contribution in [0.5, 0.6) is 5.75 Å². The van der Waals surface area contributed by atoms with Crippen molar-refractivity contribution in [2.45, 2.75) is 26.7 Å². The van der Waals surface area contributed by atoms with Crippen LogP contribution in [0.3, 0.4) is 0 Å². The highest BCUT2D eigenvalue weighted by atomic mass is 16.5. The first kappa shape index (κ1) is 19.0. The summed E-state index contributed by atoms with van der Waals surface area (Å²) in [6, 6.07) is 18.1. The molecular formula is C24H23NO4. The van der Waals surface area contributed by atoms with Crippen molar-refractivity contribution in [3.8, 4) is 17.2 Å². The van der Waals surface area contributed by atoms with Gasteiger partial charge >= 0.3 is 5.97 Å². The van der Waals surface area contributed by atoms with Crippen molar-refractivity contribution in [3.63, 3.8) is 0 Å². The number of hydrogen-bond donors (Lipinski definition) is 0. The van der Waals surface area contributed by atoms with Crippen LogP contribution in [0.15, 0.2) is 59.0 Å². The van der Waals surface area contributed by atoms with E-state index in [2.05, 4.69) is 11.1 Å². The van der Waals surface area contributed by atoms with E-state index in [0.29, 0.717) is 37.7 Å². The molecule has 0 aliphatic heterocycles. The van der Waals surface area contributed by atoms with Crippen molar-refractivity contribution in [1.29, 1.82) is 0 Å². The third kappa shape index (κ3) is 4.24. The van der Waals surface area contributed by atoms with E-state index in [1.54, 1.807) is 6.92 Å². The summed E-state index contributed by atoms with van der Waals surface area (Å²) in [5.74, 6) is 1.01. The number of esters is 1. The lowest BCUT2D eigenvalue weighted by Crippen LogP contribution is -2.07. The summed E-state index contributed by atoms with van der Waals surface area (Å²) < 4.78 is 17.0. The molecule has 0 bridgehead atoms. The Morgan fingerprint density at radius 2 is 1.86 bits per heavy atom. The summed E-state index contributed by atoms with van der Waals surface area (Å²) in [7, 11) is 0.